The van der Waals surface area contributed by atoms with E-state index in [9.17, 15) is 13.2 Å². The molecule has 0 aliphatic heterocycles. The Labute approximate surface area is 101 Å². The molecule has 0 aliphatic rings. The Hall–Kier alpha value is -2.49. The van der Waals surface area contributed by atoms with E-state index in [1.54, 1.807) is 6.07 Å². The number of para-hydroxylation sites is 1. The molecule has 0 radical (unpaired) electrons. The third-order valence-corrected chi connectivity index (χ3v) is 1.98. The van der Waals surface area contributed by atoms with E-state index in [1.807, 2.05) is 0 Å². The number of nitrogens with zero attached hydrogens (tertiary/aromatic N) is 2. The van der Waals surface area contributed by atoms with Crippen molar-refractivity contribution in [3.63, 3.8) is 0 Å². The molecule has 0 aliphatic carbocycles. The van der Waals surface area contributed by atoms with Crippen LogP contribution in [0.4, 0.5) is 18.9 Å². The van der Waals surface area contributed by atoms with Crippen LogP contribution in [0.25, 0.3) is 0 Å². The van der Waals surface area contributed by atoms with Gasteiger partial charge in [-0.15, -0.1) is 0 Å². The fraction of sp³-hybridized carbons (Fsp3) is 0.0909. The molecule has 18 heavy (non-hydrogen) atoms. The van der Waals surface area contributed by atoms with Crippen LogP contribution in [0.1, 0.15) is 5.56 Å². The first-order chi connectivity index (χ1) is 8.40. The van der Waals surface area contributed by atoms with Gasteiger partial charge in [0, 0.05) is 6.20 Å². The summed E-state index contributed by atoms with van der Waals surface area (Å²) in [6.45, 7) is 0. The summed E-state index contributed by atoms with van der Waals surface area (Å²) in [6, 6.07) is 7.37. The van der Waals surface area contributed by atoms with Crippen molar-refractivity contribution < 1.29 is 13.2 Å². The molecule has 4 nitrogen and oxygen atoms in total. The minimum Gasteiger partial charge on any atom is -0.403 e. The first kappa shape index (κ1) is 13.6. The van der Waals surface area contributed by atoms with E-state index in [-0.39, 0.29) is 11.3 Å². The summed E-state index contributed by atoms with van der Waals surface area (Å²) in [4.78, 5) is 3.37. The molecule has 0 fully saturated rings. The maximum absolute atomic E-state index is 12.7. The second kappa shape index (κ2) is 5.23. The Morgan fingerprint density at radius 1 is 1.33 bits per heavy atom. The highest BCUT2D eigenvalue weighted by molar-refractivity contribution is 6.05. The van der Waals surface area contributed by atoms with Crippen LogP contribution in [0.15, 0.2) is 41.2 Å². The smallest absolute Gasteiger partial charge is 0.403 e. The van der Waals surface area contributed by atoms with E-state index in [1.165, 1.54) is 24.3 Å². The lowest BCUT2D eigenvalue weighted by Crippen LogP contribution is -2.29. The van der Waals surface area contributed by atoms with Crippen molar-refractivity contribution in [1.82, 2.24) is 0 Å². The molecular weight excluding hydrogens is 245 g/mol. The van der Waals surface area contributed by atoms with Crippen LogP contribution >= 0.6 is 0 Å². The third kappa shape index (κ3) is 3.01. The monoisotopic (exact) mass is 254 g/mol. The van der Waals surface area contributed by atoms with Gasteiger partial charge in [0.05, 0.1) is 16.9 Å². The molecule has 1 aromatic carbocycles. The van der Waals surface area contributed by atoms with Crippen LogP contribution in [0, 0.1) is 11.3 Å². The molecular formula is C11H9F3N4. The van der Waals surface area contributed by atoms with Crippen molar-refractivity contribution in [3.8, 4) is 6.07 Å². The van der Waals surface area contributed by atoms with Crippen LogP contribution in [-0.4, -0.2) is 11.9 Å². The quantitative estimate of drug-likeness (QED) is 0.790. The Morgan fingerprint density at radius 3 is 2.44 bits per heavy atom. The number of benzene rings is 1. The Morgan fingerprint density at radius 2 is 1.94 bits per heavy atom. The number of nitriles is 1. The summed E-state index contributed by atoms with van der Waals surface area (Å²) >= 11 is 0. The van der Waals surface area contributed by atoms with Crippen LogP contribution in [0.3, 0.4) is 0 Å². The Bertz CT molecular complexity index is 538. The van der Waals surface area contributed by atoms with Crippen LogP contribution in [0.5, 0.6) is 0 Å². The third-order valence-electron chi connectivity index (χ3n) is 1.98. The summed E-state index contributed by atoms with van der Waals surface area (Å²) < 4.78 is 38.1. The molecule has 0 atom stereocenters. The minimum atomic E-state index is -4.75. The first-order valence-electron chi connectivity index (χ1n) is 4.73. The van der Waals surface area contributed by atoms with Crippen LogP contribution in [0.2, 0.25) is 0 Å². The molecule has 7 heteroatoms. The summed E-state index contributed by atoms with van der Waals surface area (Å²) in [5, 5.41) is 8.76. The first-order valence-corrected chi connectivity index (χ1v) is 4.73. The molecule has 0 heterocycles. The molecule has 0 amide bonds. The maximum atomic E-state index is 12.7. The molecule has 0 saturated heterocycles. The van der Waals surface area contributed by atoms with Gasteiger partial charge in [-0.2, -0.15) is 18.4 Å². The van der Waals surface area contributed by atoms with Crippen LogP contribution in [-0.2, 0) is 0 Å². The maximum Gasteiger partial charge on any atom is 0.435 e. The highest BCUT2D eigenvalue weighted by atomic mass is 19.4. The molecule has 94 valence electrons. The number of hydrogen-bond acceptors (Lipinski definition) is 4. The van der Waals surface area contributed by atoms with Crippen molar-refractivity contribution in [2.75, 3.05) is 0 Å². The average Bonchev–Trinajstić information content (AvgIpc) is 2.34. The predicted octanol–water partition coefficient (Wildman–Crippen LogP) is 1.95. The summed E-state index contributed by atoms with van der Waals surface area (Å²) in [5.41, 5.74) is 7.98. The second-order valence-corrected chi connectivity index (χ2v) is 3.21. The van der Waals surface area contributed by atoms with Crippen molar-refractivity contribution in [2.45, 2.75) is 6.18 Å². The molecule has 1 aromatic rings. The highest BCUT2D eigenvalue weighted by Crippen LogP contribution is 2.25. The van der Waals surface area contributed by atoms with E-state index < -0.39 is 17.6 Å². The SMILES string of the molecule is N#Cc1ccccc1N=C(C(N)=CN)C(F)(F)F. The van der Waals surface area contributed by atoms with E-state index in [2.05, 4.69) is 4.99 Å². The molecule has 4 N–H and O–H groups in total. The largest absolute Gasteiger partial charge is 0.435 e. The number of allylic oxidation sites excluding steroid dienone is 1. The molecule has 0 bridgehead atoms. The van der Waals surface area contributed by atoms with Crippen LogP contribution < -0.4 is 11.5 Å². The lowest BCUT2D eigenvalue weighted by Gasteiger charge is -2.10. The lowest BCUT2D eigenvalue weighted by atomic mass is 10.2. The normalized spacial score (nSPS) is 13.2. The zero-order valence-corrected chi connectivity index (χ0v) is 9.07. The second-order valence-electron chi connectivity index (χ2n) is 3.21. The van der Waals surface area contributed by atoms with E-state index >= 15 is 0 Å². The van der Waals surface area contributed by atoms with Gasteiger partial charge in [0.1, 0.15) is 6.07 Å². The van der Waals surface area contributed by atoms with E-state index in [0.29, 0.717) is 6.20 Å². The zero-order valence-electron chi connectivity index (χ0n) is 9.07. The van der Waals surface area contributed by atoms with Gasteiger partial charge in [-0.25, -0.2) is 4.99 Å². The molecule has 0 aromatic heterocycles. The van der Waals surface area contributed by atoms with Crippen molar-refractivity contribution >= 4 is 11.4 Å². The number of alkyl halides is 3. The van der Waals surface area contributed by atoms with E-state index in [0.717, 1.165) is 0 Å². The zero-order chi connectivity index (χ0) is 13.8. The number of aliphatic imine (C=N–C) groups is 1. The summed E-state index contributed by atoms with van der Waals surface area (Å²) in [7, 11) is 0. The Kier molecular flexibility index (Phi) is 3.94. The molecule has 1 rings (SSSR count). The van der Waals surface area contributed by atoms with Gasteiger partial charge < -0.3 is 11.5 Å². The average molecular weight is 254 g/mol. The van der Waals surface area contributed by atoms with Gasteiger partial charge in [0.2, 0.25) is 0 Å². The van der Waals surface area contributed by atoms with Gasteiger partial charge in [0.15, 0.2) is 5.71 Å². The van der Waals surface area contributed by atoms with Crippen molar-refractivity contribution in [1.29, 1.82) is 5.26 Å². The summed E-state index contributed by atoms with van der Waals surface area (Å²) in [6.07, 6.45) is -4.14. The van der Waals surface area contributed by atoms with Crippen molar-refractivity contribution in [2.24, 2.45) is 16.5 Å². The van der Waals surface area contributed by atoms with Gasteiger partial charge in [-0.1, -0.05) is 12.1 Å². The van der Waals surface area contributed by atoms with Gasteiger partial charge >= 0.3 is 6.18 Å². The van der Waals surface area contributed by atoms with Crippen molar-refractivity contribution in [3.05, 3.63) is 41.7 Å². The Balaban J connectivity index is 3.39. The predicted molar refractivity (Wildman–Crippen MR) is 60.8 cm³/mol. The van der Waals surface area contributed by atoms with E-state index in [4.69, 9.17) is 16.7 Å². The number of hydrogen-bond donors (Lipinski definition) is 2. The fourth-order valence-electron chi connectivity index (χ4n) is 1.16. The van der Waals surface area contributed by atoms with Gasteiger partial charge in [-0.3, -0.25) is 0 Å². The fourth-order valence-corrected chi connectivity index (χ4v) is 1.16. The lowest BCUT2D eigenvalue weighted by molar-refractivity contribution is -0.0582. The highest BCUT2D eigenvalue weighted by Gasteiger charge is 2.37. The van der Waals surface area contributed by atoms with Gasteiger partial charge in [0.25, 0.3) is 0 Å². The number of rotatable bonds is 2. The topological polar surface area (TPSA) is 88.2 Å². The molecule has 0 spiro atoms. The number of halogens is 3. The molecule has 0 unspecified atom stereocenters. The standard InChI is InChI=1S/C11H9F3N4/c12-11(13,14)10(8(17)6-16)18-9-4-2-1-3-7(9)5-15/h1-4,6H,16-17H2. The number of nitrogens with two attached hydrogens (primary N) is 2. The molecule has 0 saturated carbocycles. The summed E-state index contributed by atoms with van der Waals surface area (Å²) in [5.74, 6) is 0. The van der Waals surface area contributed by atoms with Gasteiger partial charge in [-0.05, 0) is 12.1 Å². The minimum absolute atomic E-state index is 0.0177.